The van der Waals surface area contributed by atoms with E-state index in [-0.39, 0.29) is 60.7 Å². The molecule has 15 heteroatoms. The number of anilines is 2. The largest absolute Gasteiger partial charge is 0.496 e. The molecule has 302 valence electrons. The molecule has 7 rings (SSSR count). The van der Waals surface area contributed by atoms with Crippen LogP contribution in [0.1, 0.15) is 49.7 Å². The van der Waals surface area contributed by atoms with Crippen LogP contribution in [0, 0.1) is 11.7 Å². The number of likely N-dealkylation sites (tertiary alicyclic amines) is 1. The second kappa shape index (κ2) is 16.2. The molecule has 0 saturated carbocycles. The quantitative estimate of drug-likeness (QED) is 0.159. The number of benzene rings is 3. The number of ether oxygens (including phenoxy) is 1. The number of halogens is 4. The summed E-state index contributed by atoms with van der Waals surface area (Å²) in [5, 5.41) is 6.30. The average Bonchev–Trinajstić information content (AvgIpc) is 3.20. The molecule has 1 unspecified atom stereocenters. The Labute approximate surface area is 327 Å². The number of aromatic nitrogens is 1. The molecule has 3 amide bonds. The molecule has 3 aromatic carbocycles. The van der Waals surface area contributed by atoms with Gasteiger partial charge in [0.05, 0.1) is 12.7 Å². The van der Waals surface area contributed by atoms with Crippen LogP contribution in [0.15, 0.2) is 65.6 Å². The van der Waals surface area contributed by atoms with Gasteiger partial charge in [-0.1, -0.05) is 18.2 Å². The average molecular weight is 791 g/mol. The van der Waals surface area contributed by atoms with E-state index in [2.05, 4.69) is 15.5 Å². The predicted octanol–water partition coefficient (Wildman–Crippen LogP) is 5.93. The van der Waals surface area contributed by atoms with E-state index in [9.17, 15) is 32.3 Å². The van der Waals surface area contributed by atoms with Crippen molar-refractivity contribution in [2.45, 2.75) is 63.3 Å². The number of piperidine rings is 3. The third kappa shape index (κ3) is 8.34. The Morgan fingerprint density at radius 3 is 2.32 bits per heavy atom. The minimum absolute atomic E-state index is 0.0196. The Hall–Kier alpha value is -5.44. The highest BCUT2D eigenvalue weighted by Gasteiger charge is 2.38. The lowest BCUT2D eigenvalue weighted by atomic mass is 9.92. The van der Waals surface area contributed by atoms with E-state index in [1.807, 2.05) is 12.1 Å². The van der Waals surface area contributed by atoms with E-state index in [1.165, 1.54) is 29.9 Å². The number of imide groups is 1. The molecule has 2 N–H and O–H groups in total. The second-order valence-electron chi connectivity index (χ2n) is 15.2. The zero-order valence-electron chi connectivity index (χ0n) is 32.1. The third-order valence-corrected chi connectivity index (χ3v) is 11.7. The lowest BCUT2D eigenvalue weighted by Gasteiger charge is -2.40. The number of nitrogens with zero attached hydrogens (tertiary/aromatic N) is 4. The summed E-state index contributed by atoms with van der Waals surface area (Å²) in [6.07, 6.45) is -0.490. The van der Waals surface area contributed by atoms with Gasteiger partial charge in [0, 0.05) is 99.3 Å². The van der Waals surface area contributed by atoms with E-state index in [4.69, 9.17) is 4.74 Å². The molecule has 11 nitrogen and oxygen atoms in total. The number of carbonyl (C=O) groups is 3. The van der Waals surface area contributed by atoms with Crippen LogP contribution in [0.4, 0.5) is 28.9 Å². The Balaban J connectivity index is 0.948. The normalized spacial score (nSPS) is 18.8. The number of nitrogens with one attached hydrogen (secondary N) is 2. The predicted molar refractivity (Wildman–Crippen MR) is 208 cm³/mol. The van der Waals surface area contributed by atoms with Crippen LogP contribution in [-0.2, 0) is 34.2 Å². The van der Waals surface area contributed by atoms with Crippen molar-refractivity contribution < 1.29 is 36.7 Å². The smallest absolute Gasteiger partial charge is 0.418 e. The molecule has 1 aromatic heterocycles. The van der Waals surface area contributed by atoms with Gasteiger partial charge in [-0.15, -0.1) is 0 Å². The zero-order valence-corrected chi connectivity index (χ0v) is 32.1. The molecule has 57 heavy (non-hydrogen) atoms. The van der Waals surface area contributed by atoms with E-state index in [0.29, 0.717) is 67.6 Å². The summed E-state index contributed by atoms with van der Waals surface area (Å²) < 4.78 is 65.9. The van der Waals surface area contributed by atoms with Gasteiger partial charge in [-0.25, -0.2) is 4.39 Å². The van der Waals surface area contributed by atoms with Gasteiger partial charge < -0.3 is 24.4 Å². The number of fused-ring (bicyclic) bond motifs is 1. The first kappa shape index (κ1) is 39.8. The highest BCUT2D eigenvalue weighted by atomic mass is 19.4. The SMILES string of the molecule is COc1cc(-c2cn(C)c(=O)c3ccccc23)cc(F)c1CN1CCC(N(C)C(=O)C2CCN(c3ccc(NC4CCC(=O)NC4=O)cc3C(F)(F)F)CC2)CC1. The fourth-order valence-electron chi connectivity index (χ4n) is 8.43. The first-order chi connectivity index (χ1) is 27.2. The molecule has 0 bridgehead atoms. The van der Waals surface area contributed by atoms with E-state index < -0.39 is 35.4 Å². The first-order valence-electron chi connectivity index (χ1n) is 19.2. The van der Waals surface area contributed by atoms with Crippen molar-refractivity contribution in [3.63, 3.8) is 0 Å². The molecule has 3 aliphatic rings. The molecular weight excluding hydrogens is 744 g/mol. The van der Waals surface area contributed by atoms with Crippen LogP contribution in [0.2, 0.25) is 0 Å². The second-order valence-corrected chi connectivity index (χ2v) is 15.2. The number of aryl methyl sites for hydroxylation is 1. The van der Waals surface area contributed by atoms with Crippen LogP contribution < -0.4 is 25.8 Å². The molecule has 4 heterocycles. The summed E-state index contributed by atoms with van der Waals surface area (Å²) in [5.74, 6) is -1.34. The molecule has 0 spiro atoms. The zero-order chi connectivity index (χ0) is 40.6. The van der Waals surface area contributed by atoms with Gasteiger partial charge in [0.1, 0.15) is 17.6 Å². The fraction of sp³-hybridized carbons (Fsp3) is 0.429. The number of methoxy groups -OCH3 is 1. The maximum Gasteiger partial charge on any atom is 0.418 e. The molecule has 4 aromatic rings. The van der Waals surface area contributed by atoms with Crippen LogP contribution in [0.25, 0.3) is 21.9 Å². The summed E-state index contributed by atoms with van der Waals surface area (Å²) >= 11 is 0. The van der Waals surface area contributed by atoms with Crippen LogP contribution in [0.5, 0.6) is 5.75 Å². The van der Waals surface area contributed by atoms with E-state index in [0.717, 1.165) is 17.0 Å². The minimum Gasteiger partial charge on any atom is -0.496 e. The summed E-state index contributed by atoms with van der Waals surface area (Å²) in [5.41, 5.74) is 0.932. The van der Waals surface area contributed by atoms with E-state index in [1.54, 1.807) is 48.3 Å². The molecule has 3 fully saturated rings. The Kier molecular flexibility index (Phi) is 11.3. The standard InChI is InChI=1S/C42H46F4N6O5/c1-49-23-31(29-6-4-5-7-30(29)41(49)56)26-20-34(43)32(37(21-26)57-3)24-51-16-14-28(15-17-51)50(2)40(55)25-12-18-52(19-13-25)36-10-8-27(22-33(36)42(44,45)46)47-35-9-11-38(53)48-39(35)54/h4-8,10,20-23,25,28,35,47H,9,11-19,24H2,1-3H3,(H,48,53,54). The van der Waals surface area contributed by atoms with Crippen molar-refractivity contribution in [2.24, 2.45) is 13.0 Å². The summed E-state index contributed by atoms with van der Waals surface area (Å²) in [6.45, 7) is 2.13. The van der Waals surface area contributed by atoms with Crippen molar-refractivity contribution in [1.29, 1.82) is 0 Å². The number of pyridine rings is 1. The van der Waals surface area contributed by atoms with Crippen molar-refractivity contribution in [3.8, 4) is 16.9 Å². The maximum atomic E-state index is 15.9. The van der Waals surface area contributed by atoms with Crippen molar-refractivity contribution >= 4 is 39.9 Å². The molecule has 3 aliphatic heterocycles. The third-order valence-electron chi connectivity index (χ3n) is 11.7. The Morgan fingerprint density at radius 1 is 0.947 bits per heavy atom. The van der Waals surface area contributed by atoms with Crippen LogP contribution in [-0.4, -0.2) is 84.5 Å². The van der Waals surface area contributed by atoms with Crippen LogP contribution >= 0.6 is 0 Å². The van der Waals surface area contributed by atoms with Gasteiger partial charge in [0.2, 0.25) is 17.7 Å². The lowest BCUT2D eigenvalue weighted by molar-refractivity contribution is -0.139. The first-order valence-corrected chi connectivity index (χ1v) is 19.2. The topological polar surface area (TPSA) is 116 Å². The number of amides is 3. The highest BCUT2D eigenvalue weighted by Crippen LogP contribution is 2.40. The summed E-state index contributed by atoms with van der Waals surface area (Å²) in [7, 11) is 4.96. The molecule has 3 saturated heterocycles. The Morgan fingerprint density at radius 2 is 1.65 bits per heavy atom. The van der Waals surface area contributed by atoms with Gasteiger partial charge in [-0.05, 0) is 79.5 Å². The molecule has 0 radical (unpaired) electrons. The molecular formula is C42H46F4N6O5. The van der Waals surface area contributed by atoms with Crippen molar-refractivity contribution in [3.05, 3.63) is 88.1 Å². The van der Waals surface area contributed by atoms with Gasteiger partial charge in [0.15, 0.2) is 0 Å². The number of hydrogen-bond donors (Lipinski definition) is 2. The Bertz CT molecular complexity index is 2240. The summed E-state index contributed by atoms with van der Waals surface area (Å²) in [4.78, 5) is 55.6. The van der Waals surface area contributed by atoms with Crippen LogP contribution in [0.3, 0.4) is 0 Å². The monoisotopic (exact) mass is 790 g/mol. The van der Waals surface area contributed by atoms with Gasteiger partial charge in [0.25, 0.3) is 5.56 Å². The number of alkyl halides is 3. The van der Waals surface area contributed by atoms with Gasteiger partial charge >= 0.3 is 6.18 Å². The number of rotatable bonds is 9. The van der Waals surface area contributed by atoms with Gasteiger partial charge in [-0.3, -0.25) is 29.4 Å². The molecule has 0 aliphatic carbocycles. The highest BCUT2D eigenvalue weighted by molar-refractivity contribution is 6.01. The lowest BCUT2D eigenvalue weighted by Crippen LogP contribution is -2.49. The van der Waals surface area contributed by atoms with E-state index >= 15 is 4.39 Å². The number of carbonyl (C=O) groups excluding carboxylic acids is 3. The molecule has 1 atom stereocenters. The number of hydrogen-bond acceptors (Lipinski definition) is 8. The summed E-state index contributed by atoms with van der Waals surface area (Å²) in [6, 6.07) is 13.6. The maximum absolute atomic E-state index is 15.9. The fourth-order valence-corrected chi connectivity index (χ4v) is 8.43. The van der Waals surface area contributed by atoms with Crippen molar-refractivity contribution in [2.75, 3.05) is 50.6 Å². The minimum atomic E-state index is -4.65. The van der Waals surface area contributed by atoms with Crippen molar-refractivity contribution in [1.82, 2.24) is 19.7 Å². The van der Waals surface area contributed by atoms with Gasteiger partial charge in [-0.2, -0.15) is 13.2 Å².